The van der Waals surface area contributed by atoms with Gasteiger partial charge in [0.25, 0.3) is 5.91 Å². The van der Waals surface area contributed by atoms with Crippen molar-refractivity contribution >= 4 is 11.6 Å². The summed E-state index contributed by atoms with van der Waals surface area (Å²) < 4.78 is 5.56. The van der Waals surface area contributed by atoms with E-state index >= 15 is 0 Å². The second-order valence-electron chi connectivity index (χ2n) is 4.61. The molecule has 0 saturated carbocycles. The number of para-hydroxylation sites is 1. The number of aromatic hydroxyl groups is 1. The molecule has 0 bridgehead atoms. The number of benzene rings is 2. The molecule has 0 saturated heterocycles. The maximum absolute atomic E-state index is 11.8. The Bertz CT molecular complexity index is 603. The van der Waals surface area contributed by atoms with Crippen LogP contribution in [-0.2, 0) is 4.79 Å². The molecule has 2 aromatic carbocycles. The fraction of sp³-hybridized carbons (Fsp3) is 0.188. The Kier molecular flexibility index (Phi) is 4.25. The van der Waals surface area contributed by atoms with Crippen LogP contribution < -0.4 is 10.1 Å². The van der Waals surface area contributed by atoms with Crippen LogP contribution in [0.2, 0.25) is 0 Å². The van der Waals surface area contributed by atoms with Crippen molar-refractivity contribution < 1.29 is 14.6 Å². The standard InChI is InChI=1S/C16H17NO3/c1-11-5-3-6-12(2)16(11)20-10-15(19)17-13-7-4-8-14(18)9-13/h3-9,18H,10H2,1-2H3,(H,17,19). The Labute approximate surface area is 118 Å². The zero-order chi connectivity index (χ0) is 14.5. The lowest BCUT2D eigenvalue weighted by molar-refractivity contribution is -0.118. The number of hydrogen-bond acceptors (Lipinski definition) is 3. The summed E-state index contributed by atoms with van der Waals surface area (Å²) in [6, 6.07) is 12.2. The van der Waals surface area contributed by atoms with E-state index in [1.165, 1.54) is 6.07 Å². The molecule has 4 nitrogen and oxygen atoms in total. The van der Waals surface area contributed by atoms with Crippen molar-refractivity contribution in [3.05, 3.63) is 53.6 Å². The van der Waals surface area contributed by atoms with E-state index < -0.39 is 0 Å². The van der Waals surface area contributed by atoms with Gasteiger partial charge in [0.1, 0.15) is 11.5 Å². The predicted octanol–water partition coefficient (Wildman–Crippen LogP) is 3.03. The highest BCUT2D eigenvalue weighted by atomic mass is 16.5. The van der Waals surface area contributed by atoms with E-state index in [2.05, 4.69) is 5.32 Å². The predicted molar refractivity (Wildman–Crippen MR) is 78.1 cm³/mol. The van der Waals surface area contributed by atoms with Crippen LogP contribution in [0.5, 0.6) is 11.5 Å². The van der Waals surface area contributed by atoms with E-state index in [9.17, 15) is 9.90 Å². The van der Waals surface area contributed by atoms with Crippen molar-refractivity contribution in [2.24, 2.45) is 0 Å². The van der Waals surface area contributed by atoms with Crippen LogP contribution in [0.15, 0.2) is 42.5 Å². The number of amides is 1. The normalized spacial score (nSPS) is 10.1. The minimum Gasteiger partial charge on any atom is -0.508 e. The number of carbonyl (C=O) groups excluding carboxylic acids is 1. The van der Waals surface area contributed by atoms with Crippen molar-refractivity contribution in [1.82, 2.24) is 0 Å². The second kappa shape index (κ2) is 6.10. The molecule has 0 aliphatic heterocycles. The highest BCUT2D eigenvalue weighted by Crippen LogP contribution is 2.22. The number of rotatable bonds is 4. The van der Waals surface area contributed by atoms with Gasteiger partial charge < -0.3 is 15.2 Å². The van der Waals surface area contributed by atoms with Gasteiger partial charge in [0.15, 0.2) is 6.61 Å². The van der Waals surface area contributed by atoms with Crippen molar-refractivity contribution in [3.8, 4) is 11.5 Å². The molecule has 1 amide bonds. The van der Waals surface area contributed by atoms with Crippen molar-refractivity contribution in [2.45, 2.75) is 13.8 Å². The lowest BCUT2D eigenvalue weighted by Crippen LogP contribution is -2.20. The third-order valence-electron chi connectivity index (χ3n) is 2.89. The van der Waals surface area contributed by atoms with Crippen LogP contribution in [0.25, 0.3) is 0 Å². The van der Waals surface area contributed by atoms with E-state index in [0.717, 1.165) is 16.9 Å². The Balaban J connectivity index is 1.96. The van der Waals surface area contributed by atoms with Crippen molar-refractivity contribution in [1.29, 1.82) is 0 Å². The Morgan fingerprint density at radius 1 is 1.15 bits per heavy atom. The number of phenols is 1. The molecule has 20 heavy (non-hydrogen) atoms. The number of carbonyl (C=O) groups is 1. The van der Waals surface area contributed by atoms with E-state index in [0.29, 0.717) is 5.69 Å². The zero-order valence-corrected chi connectivity index (χ0v) is 11.5. The lowest BCUT2D eigenvalue weighted by Gasteiger charge is -2.12. The van der Waals surface area contributed by atoms with Crippen LogP contribution in [0, 0.1) is 13.8 Å². The summed E-state index contributed by atoms with van der Waals surface area (Å²) in [4.78, 5) is 11.8. The summed E-state index contributed by atoms with van der Waals surface area (Å²) in [6.07, 6.45) is 0. The number of hydrogen-bond donors (Lipinski definition) is 2. The van der Waals surface area contributed by atoms with Gasteiger partial charge >= 0.3 is 0 Å². The van der Waals surface area contributed by atoms with Gasteiger partial charge in [-0.25, -0.2) is 0 Å². The second-order valence-corrected chi connectivity index (χ2v) is 4.61. The molecule has 0 heterocycles. The summed E-state index contributed by atoms with van der Waals surface area (Å²) in [5.41, 5.74) is 2.53. The van der Waals surface area contributed by atoms with Crippen molar-refractivity contribution in [3.63, 3.8) is 0 Å². The fourth-order valence-electron chi connectivity index (χ4n) is 1.95. The minimum atomic E-state index is -0.266. The van der Waals surface area contributed by atoms with Gasteiger partial charge in [-0.15, -0.1) is 0 Å². The van der Waals surface area contributed by atoms with Crippen molar-refractivity contribution in [2.75, 3.05) is 11.9 Å². The fourth-order valence-corrected chi connectivity index (χ4v) is 1.95. The van der Waals surface area contributed by atoms with E-state index in [1.54, 1.807) is 18.2 Å². The average Bonchev–Trinajstić information content (AvgIpc) is 2.38. The van der Waals surface area contributed by atoms with Gasteiger partial charge in [-0.1, -0.05) is 24.3 Å². The van der Waals surface area contributed by atoms with Gasteiger partial charge in [0.05, 0.1) is 0 Å². The van der Waals surface area contributed by atoms with Crippen LogP contribution in [-0.4, -0.2) is 17.6 Å². The highest BCUT2D eigenvalue weighted by molar-refractivity contribution is 5.92. The molecule has 0 atom stereocenters. The summed E-state index contributed by atoms with van der Waals surface area (Å²) in [6.45, 7) is 3.81. The molecule has 0 spiro atoms. The first-order valence-corrected chi connectivity index (χ1v) is 6.34. The molecule has 104 valence electrons. The molecule has 0 aromatic heterocycles. The maximum atomic E-state index is 11.8. The molecule has 0 radical (unpaired) electrons. The number of aryl methyl sites for hydroxylation is 2. The molecule has 4 heteroatoms. The summed E-state index contributed by atoms with van der Waals surface area (Å²) in [7, 11) is 0. The first-order chi connectivity index (χ1) is 9.56. The topological polar surface area (TPSA) is 58.6 Å². The molecule has 0 unspecified atom stereocenters. The van der Waals surface area contributed by atoms with E-state index in [1.807, 2.05) is 32.0 Å². The summed E-state index contributed by atoms with van der Waals surface area (Å²) >= 11 is 0. The maximum Gasteiger partial charge on any atom is 0.262 e. The van der Waals surface area contributed by atoms with Crippen LogP contribution >= 0.6 is 0 Å². The van der Waals surface area contributed by atoms with Gasteiger partial charge in [-0.2, -0.15) is 0 Å². The minimum absolute atomic E-state index is 0.0681. The summed E-state index contributed by atoms with van der Waals surface area (Å²) in [5, 5.41) is 12.0. The molecule has 0 aliphatic carbocycles. The Morgan fingerprint density at radius 3 is 2.45 bits per heavy atom. The smallest absolute Gasteiger partial charge is 0.262 e. The largest absolute Gasteiger partial charge is 0.508 e. The molecule has 2 N–H and O–H groups in total. The molecule has 0 aliphatic rings. The van der Waals surface area contributed by atoms with Gasteiger partial charge in [0.2, 0.25) is 0 Å². The van der Waals surface area contributed by atoms with Gasteiger partial charge in [-0.05, 0) is 37.1 Å². The number of phenolic OH excluding ortho intramolecular Hbond substituents is 1. The molecular weight excluding hydrogens is 254 g/mol. The quantitative estimate of drug-likeness (QED) is 0.898. The third kappa shape index (κ3) is 3.51. The summed E-state index contributed by atoms with van der Waals surface area (Å²) in [5.74, 6) is 0.579. The number of nitrogens with one attached hydrogen (secondary N) is 1. The van der Waals surface area contributed by atoms with Gasteiger partial charge in [-0.3, -0.25) is 4.79 Å². The first-order valence-electron chi connectivity index (χ1n) is 6.34. The first kappa shape index (κ1) is 13.9. The molecule has 0 fully saturated rings. The zero-order valence-electron chi connectivity index (χ0n) is 11.5. The van der Waals surface area contributed by atoms with E-state index in [-0.39, 0.29) is 18.3 Å². The Morgan fingerprint density at radius 2 is 1.80 bits per heavy atom. The van der Waals surface area contributed by atoms with Crippen LogP contribution in [0.4, 0.5) is 5.69 Å². The van der Waals surface area contributed by atoms with E-state index in [4.69, 9.17) is 4.74 Å². The number of ether oxygens (including phenoxy) is 1. The van der Waals surface area contributed by atoms with Crippen LogP contribution in [0.3, 0.4) is 0 Å². The lowest BCUT2D eigenvalue weighted by atomic mass is 10.1. The molecule has 2 rings (SSSR count). The number of anilines is 1. The highest BCUT2D eigenvalue weighted by Gasteiger charge is 2.07. The molecule has 2 aromatic rings. The third-order valence-corrected chi connectivity index (χ3v) is 2.89. The Hall–Kier alpha value is -2.49. The van der Waals surface area contributed by atoms with Crippen LogP contribution in [0.1, 0.15) is 11.1 Å². The monoisotopic (exact) mass is 271 g/mol. The molecular formula is C16H17NO3. The SMILES string of the molecule is Cc1cccc(C)c1OCC(=O)Nc1cccc(O)c1. The average molecular weight is 271 g/mol. The van der Waals surface area contributed by atoms with Gasteiger partial charge in [0, 0.05) is 11.8 Å².